The highest BCUT2D eigenvalue weighted by Crippen LogP contribution is 2.36. The van der Waals surface area contributed by atoms with Crippen LogP contribution in [0.1, 0.15) is 51.2 Å². The predicted octanol–water partition coefficient (Wildman–Crippen LogP) is 3.83. The van der Waals surface area contributed by atoms with Crippen LogP contribution in [-0.4, -0.2) is 65.0 Å². The topological polar surface area (TPSA) is 72.9 Å². The van der Waals surface area contributed by atoms with Crippen molar-refractivity contribution >= 4 is 23.8 Å². The van der Waals surface area contributed by atoms with Gasteiger partial charge in [0.2, 0.25) is 0 Å². The Labute approximate surface area is 179 Å². The van der Waals surface area contributed by atoms with Crippen molar-refractivity contribution in [3.63, 3.8) is 0 Å². The molecule has 0 fully saturated rings. The van der Waals surface area contributed by atoms with Crippen LogP contribution in [0.3, 0.4) is 0 Å². The Balaban J connectivity index is 2.11. The van der Waals surface area contributed by atoms with E-state index >= 15 is 0 Å². The van der Waals surface area contributed by atoms with E-state index in [1.807, 2.05) is 30.0 Å². The number of hydrogen-bond acceptors (Lipinski definition) is 4. The Morgan fingerprint density at radius 1 is 1.21 bits per heavy atom. The fourth-order valence-electron chi connectivity index (χ4n) is 3.50. The van der Waals surface area contributed by atoms with Crippen molar-refractivity contribution in [1.29, 1.82) is 0 Å². The zero-order chi connectivity index (χ0) is 21.6. The lowest BCUT2D eigenvalue weighted by Gasteiger charge is -2.30. The molecule has 2 amide bonds. The Bertz CT molecular complexity index is 721. The number of carbonyl (C=O) groups excluding carboxylic acids is 1. The van der Waals surface area contributed by atoms with Crippen molar-refractivity contribution in [2.45, 2.75) is 68.6 Å². The van der Waals surface area contributed by atoms with Crippen LogP contribution in [0.4, 0.5) is 4.79 Å². The van der Waals surface area contributed by atoms with Gasteiger partial charge in [-0.25, -0.2) is 4.79 Å². The van der Waals surface area contributed by atoms with Crippen molar-refractivity contribution in [3.8, 4) is 0 Å². The summed E-state index contributed by atoms with van der Waals surface area (Å²) in [4.78, 5) is 29.2. The molecule has 0 saturated heterocycles. The minimum Gasteiger partial charge on any atom is -0.480 e. The summed E-state index contributed by atoms with van der Waals surface area (Å²) in [5.74, 6) is -0.819. The molecule has 29 heavy (non-hydrogen) atoms. The summed E-state index contributed by atoms with van der Waals surface area (Å²) in [6, 6.07) is 6.35. The maximum absolute atomic E-state index is 12.8. The van der Waals surface area contributed by atoms with Crippen LogP contribution in [0.5, 0.6) is 0 Å². The summed E-state index contributed by atoms with van der Waals surface area (Å²) in [6.07, 6.45) is 4.91. The molecule has 1 aliphatic carbocycles. The number of benzene rings is 1. The number of carboxylic acids is 1. The number of carboxylic acid groups (broad SMARTS) is 1. The number of amides is 2. The van der Waals surface area contributed by atoms with Gasteiger partial charge in [-0.1, -0.05) is 25.8 Å². The number of thioether (sulfide) groups is 1. The third-order valence-electron chi connectivity index (χ3n) is 5.23. The second-order valence-corrected chi connectivity index (χ2v) is 10.2. The zero-order valence-electron chi connectivity index (χ0n) is 18.3. The van der Waals surface area contributed by atoms with Crippen molar-refractivity contribution < 1.29 is 14.7 Å². The first-order valence-corrected chi connectivity index (χ1v) is 11.2. The van der Waals surface area contributed by atoms with Gasteiger partial charge in [-0.15, -0.1) is 11.8 Å². The number of nitrogens with one attached hydrogen (secondary N) is 1. The second kappa shape index (κ2) is 10.3. The molecule has 1 aromatic rings. The highest BCUT2D eigenvalue weighted by molar-refractivity contribution is 8.01. The number of hydrogen-bond donors (Lipinski definition) is 2. The van der Waals surface area contributed by atoms with Gasteiger partial charge in [-0.05, 0) is 70.5 Å². The third-order valence-corrected chi connectivity index (χ3v) is 6.40. The lowest BCUT2D eigenvalue weighted by molar-refractivity contribution is -0.138. The van der Waals surface area contributed by atoms with Crippen molar-refractivity contribution in [2.24, 2.45) is 0 Å². The van der Waals surface area contributed by atoms with E-state index in [-0.39, 0.29) is 12.1 Å². The van der Waals surface area contributed by atoms with Crippen molar-refractivity contribution in [3.05, 3.63) is 29.3 Å². The van der Waals surface area contributed by atoms with E-state index in [0.717, 1.165) is 43.5 Å². The zero-order valence-corrected chi connectivity index (χ0v) is 19.1. The molecule has 1 aliphatic rings. The number of fused-ring (bicyclic) bond motifs is 1. The van der Waals surface area contributed by atoms with Crippen LogP contribution < -0.4 is 5.32 Å². The monoisotopic (exact) mass is 421 g/mol. The molecule has 1 atom stereocenters. The lowest BCUT2D eigenvalue weighted by Crippen LogP contribution is -2.49. The first-order valence-electron chi connectivity index (χ1n) is 10.4. The Hall–Kier alpha value is -1.73. The summed E-state index contributed by atoms with van der Waals surface area (Å²) < 4.78 is -0.871. The van der Waals surface area contributed by atoms with Gasteiger partial charge in [0.25, 0.3) is 0 Å². The van der Waals surface area contributed by atoms with Gasteiger partial charge in [-0.2, -0.15) is 0 Å². The molecule has 0 bridgehead atoms. The molecule has 0 heterocycles. The smallest absolute Gasteiger partial charge is 0.319 e. The Kier molecular flexibility index (Phi) is 8.40. The number of unbranched alkanes of at least 4 members (excludes halogenated alkanes) is 2. The van der Waals surface area contributed by atoms with Gasteiger partial charge in [0.1, 0.15) is 4.75 Å². The quantitative estimate of drug-likeness (QED) is 0.341. The van der Waals surface area contributed by atoms with E-state index in [1.165, 1.54) is 22.9 Å². The van der Waals surface area contributed by atoms with E-state index in [2.05, 4.69) is 24.4 Å². The first-order chi connectivity index (χ1) is 13.6. The van der Waals surface area contributed by atoms with E-state index in [1.54, 1.807) is 13.8 Å². The molecule has 0 aliphatic heterocycles. The summed E-state index contributed by atoms with van der Waals surface area (Å²) in [6.45, 7) is 6.90. The molecule has 2 rings (SSSR count). The van der Waals surface area contributed by atoms with Crippen LogP contribution in [0.2, 0.25) is 0 Å². The van der Waals surface area contributed by atoms with Gasteiger partial charge < -0.3 is 15.3 Å². The summed E-state index contributed by atoms with van der Waals surface area (Å²) in [5, 5.41) is 12.4. The maximum Gasteiger partial charge on any atom is 0.319 e. The van der Waals surface area contributed by atoms with Crippen LogP contribution in [-0.2, 0) is 17.6 Å². The highest BCUT2D eigenvalue weighted by Gasteiger charge is 2.32. The van der Waals surface area contributed by atoms with Gasteiger partial charge >= 0.3 is 12.0 Å². The molecule has 0 aromatic heterocycles. The standard InChI is InChI=1S/C22H35N3O3S/c1-6-7-8-11-25(21(28)23-15-24(4)5)18-12-16-9-10-19(14-17(16)13-18)29-22(2,3)20(26)27/h9-10,14,18H,6-8,11-13,15H2,1-5H3,(H,23,28)(H,26,27). The van der Waals surface area contributed by atoms with Gasteiger partial charge in [-0.3, -0.25) is 9.69 Å². The average molecular weight is 422 g/mol. The molecule has 1 unspecified atom stereocenters. The number of aliphatic carboxylic acids is 1. The molecule has 2 N–H and O–H groups in total. The molecule has 162 valence electrons. The minimum atomic E-state index is -0.871. The summed E-state index contributed by atoms with van der Waals surface area (Å²) >= 11 is 1.37. The third kappa shape index (κ3) is 6.64. The Morgan fingerprint density at radius 3 is 2.52 bits per heavy atom. The molecule has 0 spiro atoms. The summed E-state index contributed by atoms with van der Waals surface area (Å²) in [5.41, 5.74) is 2.48. The minimum absolute atomic E-state index is 0.00535. The SMILES string of the molecule is CCCCCN(C(=O)NCN(C)C)C1Cc2ccc(SC(C)(C)C(=O)O)cc2C1. The number of rotatable bonds is 10. The van der Waals surface area contributed by atoms with E-state index in [9.17, 15) is 14.7 Å². The fraction of sp³-hybridized carbons (Fsp3) is 0.636. The highest BCUT2D eigenvalue weighted by atomic mass is 32.2. The molecule has 7 heteroatoms. The van der Waals surface area contributed by atoms with Crippen LogP contribution in [0.25, 0.3) is 0 Å². The Morgan fingerprint density at radius 2 is 1.90 bits per heavy atom. The number of carbonyl (C=O) groups is 2. The van der Waals surface area contributed by atoms with E-state index in [4.69, 9.17) is 0 Å². The normalized spacial score (nSPS) is 16.0. The van der Waals surface area contributed by atoms with Crippen LogP contribution in [0, 0.1) is 0 Å². The van der Waals surface area contributed by atoms with Gasteiger partial charge in [0, 0.05) is 17.5 Å². The van der Waals surface area contributed by atoms with E-state index < -0.39 is 10.7 Å². The molecule has 0 saturated carbocycles. The van der Waals surface area contributed by atoms with Crippen LogP contribution in [0.15, 0.2) is 23.1 Å². The van der Waals surface area contributed by atoms with Crippen LogP contribution >= 0.6 is 11.8 Å². The van der Waals surface area contributed by atoms with Crippen molar-refractivity contribution in [1.82, 2.24) is 15.1 Å². The molecule has 6 nitrogen and oxygen atoms in total. The molecule has 0 radical (unpaired) electrons. The first kappa shape index (κ1) is 23.5. The molecular weight excluding hydrogens is 386 g/mol. The summed E-state index contributed by atoms with van der Waals surface area (Å²) in [7, 11) is 3.87. The molecular formula is C22H35N3O3S. The predicted molar refractivity (Wildman–Crippen MR) is 119 cm³/mol. The molecule has 1 aromatic carbocycles. The van der Waals surface area contributed by atoms with Crippen molar-refractivity contribution in [2.75, 3.05) is 27.3 Å². The maximum atomic E-state index is 12.8. The second-order valence-electron chi connectivity index (χ2n) is 8.53. The lowest BCUT2D eigenvalue weighted by atomic mass is 10.1. The number of urea groups is 1. The fourth-order valence-corrected chi connectivity index (χ4v) is 4.52. The van der Waals surface area contributed by atoms with E-state index in [0.29, 0.717) is 6.67 Å². The average Bonchev–Trinajstić information content (AvgIpc) is 3.05. The van der Waals surface area contributed by atoms with Gasteiger partial charge in [0.05, 0.1) is 6.67 Å². The van der Waals surface area contributed by atoms with Gasteiger partial charge in [0.15, 0.2) is 0 Å². The number of nitrogens with zero attached hydrogens (tertiary/aromatic N) is 2. The largest absolute Gasteiger partial charge is 0.480 e.